The third kappa shape index (κ3) is 7.87. The van der Waals surface area contributed by atoms with Crippen LogP contribution in [0, 0.1) is 6.92 Å². The average Bonchev–Trinajstić information content (AvgIpc) is 2.74. The zero-order chi connectivity index (χ0) is 28.5. The molecule has 1 aromatic carbocycles. The van der Waals surface area contributed by atoms with Crippen molar-refractivity contribution in [1.29, 1.82) is 0 Å². The minimum Gasteiger partial charge on any atom is -0.475 e. The fraction of sp³-hybridized carbons (Fsp3) is 0.450. The Hall–Kier alpha value is -3.24. The van der Waals surface area contributed by atoms with E-state index in [2.05, 4.69) is 9.73 Å². The van der Waals surface area contributed by atoms with Gasteiger partial charge in [-0.25, -0.2) is 4.79 Å². The van der Waals surface area contributed by atoms with Crippen molar-refractivity contribution < 1.29 is 51.7 Å². The van der Waals surface area contributed by atoms with Gasteiger partial charge in [0.1, 0.15) is 16.7 Å². The Morgan fingerprint density at radius 3 is 2.30 bits per heavy atom. The predicted molar refractivity (Wildman–Crippen MR) is 119 cm³/mol. The molecule has 0 bridgehead atoms. The number of carbonyl (C=O) groups is 2. The van der Waals surface area contributed by atoms with E-state index >= 15 is 0 Å². The van der Waals surface area contributed by atoms with Gasteiger partial charge in [-0.3, -0.25) is 9.79 Å². The van der Waals surface area contributed by atoms with Gasteiger partial charge in [0, 0.05) is 12.1 Å². The van der Waals surface area contributed by atoms with Crippen molar-refractivity contribution in [1.82, 2.24) is 5.32 Å². The third-order valence-corrected chi connectivity index (χ3v) is 6.22. The standard InChI is InChI=1S/C20H24F8N4O4S/c1-10-7-12(37(24,25,26,27)28)8-11-9-13(16(20(21,22)23)36-15(10)11)17(33)32-14(18(34)35-2)5-3-4-6-31-19(29)30/h7-9,14,16H,3-6H2,1-2H3,(H,32,33)(H4,29,30,31)/t14-,16-/m0/s1. The van der Waals surface area contributed by atoms with Gasteiger partial charge in [-0.15, -0.1) is 0 Å². The van der Waals surface area contributed by atoms with E-state index in [4.69, 9.17) is 16.2 Å². The van der Waals surface area contributed by atoms with Crippen LogP contribution >= 0.6 is 10.2 Å². The van der Waals surface area contributed by atoms with Gasteiger partial charge in [-0.1, -0.05) is 19.4 Å². The molecule has 1 aliphatic heterocycles. The highest BCUT2D eigenvalue weighted by Gasteiger charge is 2.65. The van der Waals surface area contributed by atoms with Gasteiger partial charge in [0.25, 0.3) is 5.91 Å². The molecule has 5 N–H and O–H groups in total. The van der Waals surface area contributed by atoms with Crippen molar-refractivity contribution in [2.45, 2.75) is 49.4 Å². The summed E-state index contributed by atoms with van der Waals surface area (Å²) in [6.07, 6.45) is -7.39. The second kappa shape index (κ2) is 9.57. The van der Waals surface area contributed by atoms with E-state index in [1.807, 2.05) is 5.32 Å². The second-order valence-corrected chi connectivity index (χ2v) is 10.5. The van der Waals surface area contributed by atoms with Crippen LogP contribution in [0.15, 0.2) is 27.6 Å². The third-order valence-electron chi connectivity index (χ3n) is 5.10. The lowest BCUT2D eigenvalue weighted by atomic mass is 9.98. The number of amides is 1. The SMILES string of the molecule is COC(=O)[C@H](CCCCN=C(N)N)NC(=O)C1=Cc2cc(S(F)(F)(F)(F)F)cc(C)c2O[C@@H]1C(F)(F)F. The Morgan fingerprint density at radius 1 is 1.16 bits per heavy atom. The molecule has 8 nitrogen and oxygen atoms in total. The van der Waals surface area contributed by atoms with Crippen molar-refractivity contribution in [2.24, 2.45) is 16.5 Å². The first kappa shape index (κ1) is 30.0. The van der Waals surface area contributed by atoms with Crippen molar-refractivity contribution in [3.8, 4) is 5.75 Å². The smallest absolute Gasteiger partial charge is 0.429 e. The summed E-state index contributed by atoms with van der Waals surface area (Å²) in [4.78, 5) is 26.2. The monoisotopic (exact) mass is 568 g/mol. The molecule has 0 fully saturated rings. The molecule has 1 heterocycles. The van der Waals surface area contributed by atoms with E-state index < -0.39 is 67.8 Å². The van der Waals surface area contributed by atoms with E-state index in [1.54, 1.807) is 0 Å². The zero-order valence-corrected chi connectivity index (χ0v) is 20.2. The molecule has 37 heavy (non-hydrogen) atoms. The molecule has 1 aliphatic rings. The van der Waals surface area contributed by atoms with Crippen LogP contribution in [-0.4, -0.2) is 49.8 Å². The molecule has 0 saturated heterocycles. The Morgan fingerprint density at radius 2 is 1.78 bits per heavy atom. The quantitative estimate of drug-likeness (QED) is 0.133. The lowest BCUT2D eigenvalue weighted by molar-refractivity contribution is -0.185. The van der Waals surface area contributed by atoms with Crippen LogP contribution in [0.5, 0.6) is 5.75 Å². The predicted octanol–water partition coefficient (Wildman–Crippen LogP) is 4.46. The molecule has 210 valence electrons. The number of fused-ring (bicyclic) bond motifs is 1. The molecule has 0 aliphatic carbocycles. The molecule has 0 unspecified atom stereocenters. The normalized spacial score (nSPS) is 18.2. The number of unbranched alkanes of at least 4 members (excludes halogenated alkanes) is 1. The number of methoxy groups -OCH3 is 1. The zero-order valence-electron chi connectivity index (χ0n) is 19.4. The molecule has 0 radical (unpaired) electrons. The highest BCUT2D eigenvalue weighted by Crippen LogP contribution is 3.02. The largest absolute Gasteiger partial charge is 0.475 e. The summed E-state index contributed by atoms with van der Waals surface area (Å²) >= 11 is 0. The van der Waals surface area contributed by atoms with Gasteiger partial charge in [0.05, 0.1) is 12.7 Å². The number of esters is 1. The van der Waals surface area contributed by atoms with Gasteiger partial charge in [-0.2, -0.15) is 13.2 Å². The first-order valence-corrected chi connectivity index (χ1v) is 12.4. The summed E-state index contributed by atoms with van der Waals surface area (Å²) in [6.45, 7) is 1.01. The molecule has 0 saturated carbocycles. The molecule has 0 spiro atoms. The number of halogens is 8. The topological polar surface area (TPSA) is 129 Å². The lowest BCUT2D eigenvalue weighted by Gasteiger charge is -2.41. The van der Waals surface area contributed by atoms with Crippen LogP contribution in [0.2, 0.25) is 0 Å². The molecule has 1 amide bonds. The number of alkyl halides is 3. The first-order chi connectivity index (χ1) is 16.6. The highest BCUT2D eigenvalue weighted by molar-refractivity contribution is 8.45. The van der Waals surface area contributed by atoms with E-state index in [0.717, 1.165) is 14.0 Å². The van der Waals surface area contributed by atoms with Gasteiger partial charge in [-0.05, 0) is 50.0 Å². The van der Waals surface area contributed by atoms with Crippen LogP contribution in [0.4, 0.5) is 32.6 Å². The molecule has 2 atom stereocenters. The fourth-order valence-electron chi connectivity index (χ4n) is 3.41. The number of hydrogen-bond donors (Lipinski definition) is 3. The number of aliphatic imine (C=N–C) groups is 1. The maximum absolute atomic E-state index is 13.7. The number of hydrogen-bond acceptors (Lipinski definition) is 5. The summed E-state index contributed by atoms with van der Waals surface area (Å²) in [6, 6.07) is -1.57. The number of benzene rings is 1. The Balaban J connectivity index is 2.45. The molecule has 0 aromatic heterocycles. The average molecular weight is 568 g/mol. The van der Waals surface area contributed by atoms with Crippen LogP contribution in [0.25, 0.3) is 6.08 Å². The summed E-state index contributed by atoms with van der Waals surface area (Å²) in [7, 11) is -9.26. The van der Waals surface area contributed by atoms with Gasteiger partial charge in [0.2, 0.25) is 6.10 Å². The number of carbonyl (C=O) groups excluding carboxylic acids is 2. The minimum absolute atomic E-state index is 0.0255. The molecule has 2 rings (SSSR count). The number of rotatable bonds is 9. The Kier molecular flexibility index (Phi) is 7.76. The maximum Gasteiger partial charge on any atom is 0.429 e. The highest BCUT2D eigenvalue weighted by atomic mass is 32.5. The Bertz CT molecular complexity index is 1130. The molecule has 17 heteroatoms. The first-order valence-electron chi connectivity index (χ1n) is 10.4. The summed E-state index contributed by atoms with van der Waals surface area (Å²) < 4.78 is 117. The number of nitrogens with two attached hydrogens (primary N) is 2. The van der Waals surface area contributed by atoms with Crippen molar-refractivity contribution in [3.63, 3.8) is 0 Å². The summed E-state index contributed by atoms with van der Waals surface area (Å²) in [5.41, 5.74) is 7.64. The van der Waals surface area contributed by atoms with E-state index in [0.29, 0.717) is 12.5 Å². The number of ether oxygens (including phenoxy) is 2. The van der Waals surface area contributed by atoms with Crippen molar-refractivity contribution in [3.05, 3.63) is 28.8 Å². The molecular formula is C20H24F8N4O4S. The number of guanidine groups is 1. The molecular weight excluding hydrogens is 544 g/mol. The number of nitrogens with zero attached hydrogens (tertiary/aromatic N) is 1. The van der Waals surface area contributed by atoms with Gasteiger partial charge >= 0.3 is 22.4 Å². The summed E-state index contributed by atoms with van der Waals surface area (Å²) in [5, 5.41) is 2.03. The Labute approximate surface area is 205 Å². The van der Waals surface area contributed by atoms with Crippen LogP contribution < -0.4 is 21.5 Å². The maximum atomic E-state index is 13.7. The lowest BCUT2D eigenvalue weighted by Crippen LogP contribution is -2.48. The second-order valence-electron chi connectivity index (χ2n) is 8.12. The van der Waals surface area contributed by atoms with E-state index in [-0.39, 0.29) is 37.5 Å². The minimum atomic E-state index is -10.2. The van der Waals surface area contributed by atoms with Crippen LogP contribution in [-0.2, 0) is 14.3 Å². The number of nitrogens with one attached hydrogen (secondary N) is 1. The van der Waals surface area contributed by atoms with Gasteiger partial charge < -0.3 is 26.3 Å². The van der Waals surface area contributed by atoms with E-state index in [1.165, 1.54) is 0 Å². The van der Waals surface area contributed by atoms with Crippen LogP contribution in [0.3, 0.4) is 0 Å². The van der Waals surface area contributed by atoms with Gasteiger partial charge in [0.15, 0.2) is 5.96 Å². The van der Waals surface area contributed by atoms with Crippen molar-refractivity contribution >= 4 is 34.1 Å². The van der Waals surface area contributed by atoms with Crippen molar-refractivity contribution in [2.75, 3.05) is 13.7 Å². The van der Waals surface area contributed by atoms with Crippen LogP contribution in [0.1, 0.15) is 30.4 Å². The van der Waals surface area contributed by atoms with E-state index in [9.17, 15) is 42.2 Å². The number of aryl methyl sites for hydroxylation is 1. The molecule has 1 aromatic rings. The fourth-order valence-corrected chi connectivity index (χ4v) is 4.16. The summed E-state index contributed by atoms with van der Waals surface area (Å²) in [5.74, 6) is -3.49.